The number of benzene rings is 1. The molecule has 2 heterocycles. The molecule has 0 saturated carbocycles. The van der Waals surface area contributed by atoms with Gasteiger partial charge < -0.3 is 10.6 Å². The summed E-state index contributed by atoms with van der Waals surface area (Å²) in [5, 5.41) is 6.53. The summed E-state index contributed by atoms with van der Waals surface area (Å²) in [7, 11) is 0. The van der Waals surface area contributed by atoms with Crippen LogP contribution in [0.25, 0.3) is 11.3 Å². The normalized spacial score (nSPS) is 10.5. The Morgan fingerprint density at radius 2 is 1.83 bits per heavy atom. The van der Waals surface area contributed by atoms with E-state index in [0.29, 0.717) is 5.95 Å². The number of halogens is 1. The lowest BCUT2D eigenvalue weighted by Gasteiger charge is -2.11. The van der Waals surface area contributed by atoms with E-state index in [9.17, 15) is 0 Å². The summed E-state index contributed by atoms with van der Waals surface area (Å²) < 4.78 is 1.08. The van der Waals surface area contributed by atoms with E-state index in [0.717, 1.165) is 39.3 Å². The minimum Gasteiger partial charge on any atom is -0.354 e. The second kappa shape index (κ2) is 7.40. The van der Waals surface area contributed by atoms with E-state index in [-0.39, 0.29) is 0 Å². The Morgan fingerprint density at radius 3 is 2.54 bits per heavy atom. The molecule has 0 aliphatic rings. The highest BCUT2D eigenvalue weighted by atomic mass is 79.9. The number of nitrogens with zero attached hydrogens (tertiary/aromatic N) is 3. The molecule has 0 aliphatic carbocycles. The molecule has 2 N–H and O–H groups in total. The Labute approximate surface area is 149 Å². The standard InChI is InChI=1S/C18H18BrN5/c1-3-21-18-23-16(13-6-8-20-9-7-13)11-17(24-18)22-14-4-5-15(19)12(2)10-14/h4-11H,3H2,1-2H3,(H2,21,22,23,24). The highest BCUT2D eigenvalue weighted by Gasteiger charge is 2.07. The number of hydrogen-bond donors (Lipinski definition) is 2. The summed E-state index contributed by atoms with van der Waals surface area (Å²) in [5.41, 5.74) is 3.99. The number of aromatic nitrogens is 3. The average molecular weight is 384 g/mol. The molecule has 0 saturated heterocycles. The number of anilines is 3. The summed E-state index contributed by atoms with van der Waals surface area (Å²) in [6.45, 7) is 4.84. The van der Waals surface area contributed by atoms with Crippen LogP contribution in [0.4, 0.5) is 17.5 Å². The lowest BCUT2D eigenvalue weighted by Crippen LogP contribution is -2.05. The van der Waals surface area contributed by atoms with Crippen LogP contribution in [0.15, 0.2) is 53.3 Å². The number of nitrogens with one attached hydrogen (secondary N) is 2. The van der Waals surface area contributed by atoms with Gasteiger partial charge in [-0.1, -0.05) is 15.9 Å². The smallest absolute Gasteiger partial charge is 0.225 e. The molecule has 122 valence electrons. The van der Waals surface area contributed by atoms with Crippen molar-refractivity contribution in [2.24, 2.45) is 0 Å². The maximum atomic E-state index is 4.57. The number of aryl methyl sites for hydroxylation is 1. The molecule has 0 amide bonds. The zero-order valence-corrected chi connectivity index (χ0v) is 15.1. The third kappa shape index (κ3) is 3.89. The number of pyridine rings is 1. The van der Waals surface area contributed by atoms with Crippen LogP contribution in [-0.2, 0) is 0 Å². The highest BCUT2D eigenvalue weighted by molar-refractivity contribution is 9.10. The fourth-order valence-corrected chi connectivity index (χ4v) is 2.54. The lowest BCUT2D eigenvalue weighted by molar-refractivity contribution is 1.09. The molecule has 0 fully saturated rings. The molecular weight excluding hydrogens is 366 g/mol. The van der Waals surface area contributed by atoms with E-state index in [4.69, 9.17) is 0 Å². The molecule has 0 bridgehead atoms. The molecule has 0 unspecified atom stereocenters. The van der Waals surface area contributed by atoms with E-state index < -0.39 is 0 Å². The van der Waals surface area contributed by atoms with Gasteiger partial charge >= 0.3 is 0 Å². The minimum atomic E-state index is 0.600. The summed E-state index contributed by atoms with van der Waals surface area (Å²) >= 11 is 3.52. The van der Waals surface area contributed by atoms with Crippen LogP contribution < -0.4 is 10.6 Å². The fourth-order valence-electron chi connectivity index (χ4n) is 2.29. The van der Waals surface area contributed by atoms with E-state index in [1.165, 1.54) is 0 Å². The second-order valence-electron chi connectivity index (χ2n) is 5.32. The van der Waals surface area contributed by atoms with E-state index in [1.807, 2.05) is 37.3 Å². The molecule has 0 radical (unpaired) electrons. The van der Waals surface area contributed by atoms with Gasteiger partial charge in [-0.25, -0.2) is 4.98 Å². The summed E-state index contributed by atoms with van der Waals surface area (Å²) in [4.78, 5) is 13.2. The van der Waals surface area contributed by atoms with Crippen LogP contribution in [0.5, 0.6) is 0 Å². The van der Waals surface area contributed by atoms with Crippen molar-refractivity contribution in [3.8, 4) is 11.3 Å². The van der Waals surface area contributed by atoms with Crippen LogP contribution in [0.1, 0.15) is 12.5 Å². The first-order valence-electron chi connectivity index (χ1n) is 7.72. The second-order valence-corrected chi connectivity index (χ2v) is 6.17. The maximum Gasteiger partial charge on any atom is 0.225 e. The molecule has 0 spiro atoms. The van der Waals surface area contributed by atoms with Gasteiger partial charge in [0.2, 0.25) is 5.95 Å². The summed E-state index contributed by atoms with van der Waals surface area (Å²) in [6, 6.07) is 11.9. The maximum absolute atomic E-state index is 4.57. The monoisotopic (exact) mass is 383 g/mol. The van der Waals surface area contributed by atoms with Crippen molar-refractivity contribution < 1.29 is 0 Å². The Bertz CT molecular complexity index is 836. The van der Waals surface area contributed by atoms with Crippen molar-refractivity contribution in [1.29, 1.82) is 0 Å². The van der Waals surface area contributed by atoms with Crippen molar-refractivity contribution in [2.45, 2.75) is 13.8 Å². The third-order valence-electron chi connectivity index (χ3n) is 3.47. The fraction of sp³-hybridized carbons (Fsp3) is 0.167. The topological polar surface area (TPSA) is 62.7 Å². The molecule has 3 aromatic rings. The predicted molar refractivity (Wildman–Crippen MR) is 102 cm³/mol. The third-order valence-corrected chi connectivity index (χ3v) is 4.36. The average Bonchev–Trinajstić information content (AvgIpc) is 2.59. The first-order valence-corrected chi connectivity index (χ1v) is 8.51. The molecule has 0 aliphatic heterocycles. The van der Waals surface area contributed by atoms with Crippen molar-refractivity contribution in [1.82, 2.24) is 15.0 Å². The largest absolute Gasteiger partial charge is 0.354 e. The van der Waals surface area contributed by atoms with Crippen LogP contribution >= 0.6 is 15.9 Å². The van der Waals surface area contributed by atoms with Gasteiger partial charge in [-0.2, -0.15) is 4.98 Å². The first kappa shape index (κ1) is 16.4. The first-order chi connectivity index (χ1) is 11.7. The molecule has 2 aromatic heterocycles. The van der Waals surface area contributed by atoms with Crippen LogP contribution in [0, 0.1) is 6.92 Å². The van der Waals surface area contributed by atoms with Crippen molar-refractivity contribution in [2.75, 3.05) is 17.2 Å². The minimum absolute atomic E-state index is 0.600. The van der Waals surface area contributed by atoms with Crippen LogP contribution in [0.3, 0.4) is 0 Å². The molecular formula is C18H18BrN5. The molecule has 24 heavy (non-hydrogen) atoms. The van der Waals surface area contributed by atoms with E-state index in [1.54, 1.807) is 12.4 Å². The number of hydrogen-bond acceptors (Lipinski definition) is 5. The zero-order chi connectivity index (χ0) is 16.9. The predicted octanol–water partition coefficient (Wildman–Crippen LogP) is 4.78. The van der Waals surface area contributed by atoms with Gasteiger partial charge in [0.05, 0.1) is 5.69 Å². The zero-order valence-electron chi connectivity index (χ0n) is 13.5. The Balaban J connectivity index is 1.97. The van der Waals surface area contributed by atoms with Gasteiger partial charge in [0.25, 0.3) is 0 Å². The Hall–Kier alpha value is -2.47. The summed E-state index contributed by atoms with van der Waals surface area (Å²) in [6.07, 6.45) is 3.52. The number of rotatable bonds is 5. The molecule has 3 rings (SSSR count). The van der Waals surface area contributed by atoms with Crippen molar-refractivity contribution in [3.63, 3.8) is 0 Å². The van der Waals surface area contributed by atoms with Gasteiger partial charge in [-0.05, 0) is 49.7 Å². The molecule has 5 nitrogen and oxygen atoms in total. The van der Waals surface area contributed by atoms with Crippen LogP contribution in [0.2, 0.25) is 0 Å². The van der Waals surface area contributed by atoms with Crippen molar-refractivity contribution >= 4 is 33.4 Å². The molecule has 6 heteroatoms. The Kier molecular flexibility index (Phi) is 5.05. The van der Waals surface area contributed by atoms with E-state index >= 15 is 0 Å². The lowest BCUT2D eigenvalue weighted by atomic mass is 10.2. The molecule has 0 atom stereocenters. The van der Waals surface area contributed by atoms with Crippen LogP contribution in [-0.4, -0.2) is 21.5 Å². The van der Waals surface area contributed by atoms with Gasteiger partial charge in [-0.3, -0.25) is 4.98 Å². The van der Waals surface area contributed by atoms with Gasteiger partial charge in [0, 0.05) is 40.7 Å². The quantitative estimate of drug-likeness (QED) is 0.663. The Morgan fingerprint density at radius 1 is 1.04 bits per heavy atom. The molecule has 1 aromatic carbocycles. The van der Waals surface area contributed by atoms with E-state index in [2.05, 4.69) is 54.5 Å². The highest BCUT2D eigenvalue weighted by Crippen LogP contribution is 2.25. The van der Waals surface area contributed by atoms with Gasteiger partial charge in [-0.15, -0.1) is 0 Å². The van der Waals surface area contributed by atoms with Crippen molar-refractivity contribution in [3.05, 3.63) is 58.8 Å². The SMILES string of the molecule is CCNc1nc(Nc2ccc(Br)c(C)c2)cc(-c2ccncc2)n1. The van der Waals surface area contributed by atoms with Gasteiger partial charge in [0.1, 0.15) is 5.82 Å². The van der Waals surface area contributed by atoms with Gasteiger partial charge in [0.15, 0.2) is 0 Å². The summed E-state index contributed by atoms with van der Waals surface area (Å²) in [5.74, 6) is 1.35.